The molecule has 0 bridgehead atoms. The molecule has 12 heteroatoms. The van der Waals surface area contributed by atoms with Crippen molar-refractivity contribution in [1.29, 1.82) is 5.26 Å². The lowest BCUT2D eigenvalue weighted by molar-refractivity contribution is -0.00177. The first-order chi connectivity index (χ1) is 17.6. The fourth-order valence-electron chi connectivity index (χ4n) is 4.07. The number of nitrogens with one attached hydrogen (secondary N) is 2. The van der Waals surface area contributed by atoms with E-state index in [0.717, 1.165) is 0 Å². The number of aromatic nitrogens is 3. The average molecular weight is 510 g/mol. The normalized spacial score (nSPS) is 16.3. The van der Waals surface area contributed by atoms with Crippen molar-refractivity contribution < 1.29 is 23.8 Å². The third-order valence-electron chi connectivity index (χ3n) is 6.23. The second-order valence-electron chi connectivity index (χ2n) is 9.40. The van der Waals surface area contributed by atoms with Gasteiger partial charge < -0.3 is 25.4 Å². The zero-order chi connectivity index (χ0) is 26.7. The van der Waals surface area contributed by atoms with Crippen molar-refractivity contribution in [3.63, 3.8) is 0 Å². The summed E-state index contributed by atoms with van der Waals surface area (Å²) in [6.07, 6.45) is 1.38. The van der Waals surface area contributed by atoms with Crippen LogP contribution in [-0.4, -0.2) is 81.2 Å². The summed E-state index contributed by atoms with van der Waals surface area (Å²) < 4.78 is 20.7. The van der Waals surface area contributed by atoms with Crippen LogP contribution in [0.4, 0.5) is 14.9 Å². The van der Waals surface area contributed by atoms with E-state index in [1.54, 1.807) is 27.6 Å². The Labute approximate surface area is 212 Å². The Balaban J connectivity index is 1.65. The van der Waals surface area contributed by atoms with Gasteiger partial charge in [0.1, 0.15) is 12.2 Å². The van der Waals surface area contributed by atoms with E-state index in [2.05, 4.69) is 26.8 Å². The van der Waals surface area contributed by atoms with Gasteiger partial charge in [-0.2, -0.15) is 10.4 Å². The van der Waals surface area contributed by atoms with Crippen LogP contribution in [0.3, 0.4) is 0 Å². The molecule has 2 unspecified atom stereocenters. The molecular weight excluding hydrogens is 481 g/mol. The Hall–Kier alpha value is -4.24. The minimum atomic E-state index is -1.67. The molecule has 2 atom stereocenters. The van der Waals surface area contributed by atoms with E-state index >= 15 is 0 Å². The number of nitriles is 1. The fraction of sp³-hybridized carbons (Fsp3) is 0.400. The second kappa shape index (κ2) is 10.4. The van der Waals surface area contributed by atoms with E-state index in [0.29, 0.717) is 47.7 Å². The smallest absolute Gasteiger partial charge is 0.409 e. The van der Waals surface area contributed by atoms with Crippen molar-refractivity contribution in [1.82, 2.24) is 24.8 Å². The van der Waals surface area contributed by atoms with Gasteiger partial charge in [-0.3, -0.25) is 9.78 Å². The molecule has 0 saturated carbocycles. The molecule has 2 amide bonds. The van der Waals surface area contributed by atoms with Crippen LogP contribution in [0.5, 0.6) is 0 Å². The molecule has 11 nitrogen and oxygen atoms in total. The number of rotatable bonds is 7. The topological polar surface area (TPSA) is 145 Å². The van der Waals surface area contributed by atoms with Crippen LogP contribution in [-0.2, 0) is 4.74 Å². The first-order valence-electron chi connectivity index (χ1n) is 11.7. The molecule has 4 rings (SSSR count). The highest BCUT2D eigenvalue weighted by molar-refractivity contribution is 6.00. The summed E-state index contributed by atoms with van der Waals surface area (Å²) in [4.78, 5) is 30.9. The second-order valence-corrected chi connectivity index (χ2v) is 9.40. The SMILES string of the molecule is COC(=O)N1CCC(Nc2cc(-c3ccc4cc(C#N)cnn34)ncc2C(=O)NCC(F)C(C)(C)O)C1. The summed E-state index contributed by atoms with van der Waals surface area (Å²) >= 11 is 0. The highest BCUT2D eigenvalue weighted by atomic mass is 19.1. The van der Waals surface area contributed by atoms with Crippen LogP contribution in [0.2, 0.25) is 0 Å². The summed E-state index contributed by atoms with van der Waals surface area (Å²) in [5.41, 5.74) is 1.31. The lowest BCUT2D eigenvalue weighted by atomic mass is 10.0. The minimum absolute atomic E-state index is 0.161. The number of carbonyl (C=O) groups is 2. The number of methoxy groups -OCH3 is 1. The number of hydrogen-bond donors (Lipinski definition) is 3. The molecule has 1 aliphatic rings. The zero-order valence-electron chi connectivity index (χ0n) is 20.7. The number of alkyl halides is 1. The van der Waals surface area contributed by atoms with Gasteiger partial charge in [0.25, 0.3) is 5.91 Å². The molecule has 37 heavy (non-hydrogen) atoms. The number of fused-ring (bicyclic) bond motifs is 1. The predicted molar refractivity (Wildman–Crippen MR) is 133 cm³/mol. The van der Waals surface area contributed by atoms with Gasteiger partial charge in [0.2, 0.25) is 0 Å². The number of pyridine rings is 1. The van der Waals surface area contributed by atoms with Gasteiger partial charge in [0.05, 0.1) is 59.2 Å². The maximum atomic E-state index is 14.2. The number of aliphatic hydroxyl groups is 1. The minimum Gasteiger partial charge on any atom is -0.453 e. The quantitative estimate of drug-likeness (QED) is 0.440. The van der Waals surface area contributed by atoms with E-state index in [1.807, 2.05) is 6.07 Å². The molecule has 3 aromatic rings. The molecule has 194 valence electrons. The molecule has 1 aliphatic heterocycles. The van der Waals surface area contributed by atoms with Gasteiger partial charge in [-0.05, 0) is 44.5 Å². The summed E-state index contributed by atoms with van der Waals surface area (Å²) in [6.45, 7) is 3.15. The van der Waals surface area contributed by atoms with Crippen LogP contribution >= 0.6 is 0 Å². The lowest BCUT2D eigenvalue weighted by Crippen LogP contribution is -2.42. The average Bonchev–Trinajstić information content (AvgIpc) is 3.52. The number of ether oxygens (including phenoxy) is 1. The number of carbonyl (C=O) groups excluding carboxylic acids is 2. The number of hydrogen-bond acceptors (Lipinski definition) is 8. The summed E-state index contributed by atoms with van der Waals surface area (Å²) in [7, 11) is 1.32. The molecule has 3 aromatic heterocycles. The lowest BCUT2D eigenvalue weighted by Gasteiger charge is -2.23. The maximum absolute atomic E-state index is 14.2. The van der Waals surface area contributed by atoms with Crippen LogP contribution in [0.15, 0.2) is 36.7 Å². The van der Waals surface area contributed by atoms with E-state index in [4.69, 9.17) is 10.00 Å². The van der Waals surface area contributed by atoms with Gasteiger partial charge in [-0.1, -0.05) is 0 Å². The van der Waals surface area contributed by atoms with Gasteiger partial charge in [0, 0.05) is 25.3 Å². The Morgan fingerprint density at radius 1 is 1.35 bits per heavy atom. The first-order valence-corrected chi connectivity index (χ1v) is 11.7. The third kappa shape index (κ3) is 5.62. The highest BCUT2D eigenvalue weighted by Gasteiger charge is 2.29. The van der Waals surface area contributed by atoms with Crippen molar-refractivity contribution in [2.24, 2.45) is 0 Å². The largest absolute Gasteiger partial charge is 0.453 e. The van der Waals surface area contributed by atoms with Crippen LogP contribution in [0.25, 0.3) is 16.9 Å². The highest BCUT2D eigenvalue weighted by Crippen LogP contribution is 2.27. The van der Waals surface area contributed by atoms with Crippen molar-refractivity contribution in [2.45, 2.75) is 38.1 Å². The zero-order valence-corrected chi connectivity index (χ0v) is 20.7. The maximum Gasteiger partial charge on any atom is 0.409 e. The number of nitrogens with zero attached hydrogens (tertiary/aromatic N) is 5. The predicted octanol–water partition coefficient (Wildman–Crippen LogP) is 2.36. The van der Waals surface area contributed by atoms with Crippen molar-refractivity contribution in [3.8, 4) is 17.5 Å². The Morgan fingerprint density at radius 2 is 2.14 bits per heavy atom. The van der Waals surface area contributed by atoms with Crippen LogP contribution in [0.1, 0.15) is 36.2 Å². The van der Waals surface area contributed by atoms with Gasteiger partial charge in [-0.25, -0.2) is 13.7 Å². The fourth-order valence-corrected chi connectivity index (χ4v) is 4.07. The van der Waals surface area contributed by atoms with Crippen LogP contribution in [0, 0.1) is 11.3 Å². The van der Waals surface area contributed by atoms with Crippen molar-refractivity contribution in [2.75, 3.05) is 32.1 Å². The number of amides is 2. The van der Waals surface area contributed by atoms with E-state index < -0.39 is 23.8 Å². The van der Waals surface area contributed by atoms with Gasteiger partial charge in [0.15, 0.2) is 0 Å². The molecule has 0 aliphatic carbocycles. The van der Waals surface area contributed by atoms with Crippen molar-refractivity contribution in [3.05, 3.63) is 47.8 Å². The third-order valence-corrected chi connectivity index (χ3v) is 6.23. The molecule has 0 spiro atoms. The Bertz CT molecular complexity index is 1360. The summed E-state index contributed by atoms with van der Waals surface area (Å²) in [5, 5.41) is 29.1. The van der Waals surface area contributed by atoms with Gasteiger partial charge >= 0.3 is 6.09 Å². The van der Waals surface area contributed by atoms with E-state index in [1.165, 1.54) is 33.4 Å². The van der Waals surface area contributed by atoms with Gasteiger partial charge in [-0.15, -0.1) is 0 Å². The molecular formula is C25H28FN7O4. The number of halogens is 1. The Kier molecular flexibility index (Phi) is 7.26. The molecule has 0 aromatic carbocycles. The monoisotopic (exact) mass is 509 g/mol. The van der Waals surface area contributed by atoms with Crippen molar-refractivity contribution >= 4 is 23.2 Å². The van der Waals surface area contributed by atoms with E-state index in [9.17, 15) is 19.1 Å². The number of likely N-dealkylation sites (tertiary alicyclic amines) is 1. The molecule has 1 saturated heterocycles. The first kappa shape index (κ1) is 25.8. The summed E-state index contributed by atoms with van der Waals surface area (Å²) in [5.74, 6) is -0.562. The Morgan fingerprint density at radius 3 is 2.84 bits per heavy atom. The molecule has 0 radical (unpaired) electrons. The van der Waals surface area contributed by atoms with Crippen LogP contribution < -0.4 is 10.6 Å². The summed E-state index contributed by atoms with van der Waals surface area (Å²) in [6, 6.07) is 8.91. The molecule has 4 heterocycles. The standard InChI is InChI=1S/C25H28FN7O4/c1-25(2,36)22(26)13-29-23(34)18-12-28-20(21-5-4-17-8-15(10-27)11-30-33(17)21)9-19(18)31-16-6-7-32(14-16)24(35)37-3/h4-5,8-9,11-12,16,22,36H,6-7,13-14H2,1-3H3,(H,28,31)(H,29,34). The molecule has 3 N–H and O–H groups in total. The van der Waals surface area contributed by atoms with E-state index in [-0.39, 0.29) is 18.2 Å². The number of anilines is 1. The molecule has 1 fully saturated rings.